The molecule has 0 aliphatic carbocycles. The van der Waals surface area contributed by atoms with Crippen molar-refractivity contribution in [2.75, 3.05) is 13.2 Å². The molecule has 0 aromatic heterocycles. The normalized spacial score (nSPS) is 11.7. The molecule has 0 spiro atoms. The van der Waals surface area contributed by atoms with Gasteiger partial charge >= 0.3 is 6.03 Å². The molecule has 2 rings (SSSR count). The van der Waals surface area contributed by atoms with Crippen LogP contribution >= 0.6 is 0 Å². The average Bonchev–Trinajstić information content (AvgIpc) is 2.57. The second-order valence-corrected chi connectivity index (χ2v) is 5.09. The number of phenols is 1. The Morgan fingerprint density at radius 1 is 1.13 bits per heavy atom. The lowest BCUT2D eigenvalue weighted by Crippen LogP contribution is -2.37. The number of amides is 2. The van der Waals surface area contributed by atoms with E-state index in [0.717, 1.165) is 11.1 Å². The molecule has 2 amide bonds. The lowest BCUT2D eigenvalue weighted by molar-refractivity contribution is 0.0639. The van der Waals surface area contributed by atoms with Crippen LogP contribution in [0.25, 0.3) is 0 Å². The summed E-state index contributed by atoms with van der Waals surface area (Å²) in [7, 11) is 0. The van der Waals surface area contributed by atoms with Gasteiger partial charge in [0.15, 0.2) is 0 Å². The van der Waals surface area contributed by atoms with Gasteiger partial charge in [0.25, 0.3) is 0 Å². The van der Waals surface area contributed by atoms with Crippen LogP contribution in [0.15, 0.2) is 54.6 Å². The first-order valence-corrected chi connectivity index (χ1v) is 7.65. The van der Waals surface area contributed by atoms with Crippen LogP contribution in [-0.2, 0) is 11.3 Å². The van der Waals surface area contributed by atoms with Crippen LogP contribution < -0.4 is 10.6 Å². The summed E-state index contributed by atoms with van der Waals surface area (Å²) in [4.78, 5) is 11.9. The minimum Gasteiger partial charge on any atom is -0.508 e. The monoisotopic (exact) mass is 314 g/mol. The summed E-state index contributed by atoms with van der Waals surface area (Å²) in [5, 5.41) is 15.0. The van der Waals surface area contributed by atoms with Gasteiger partial charge in [0.2, 0.25) is 0 Å². The number of phenolic OH excluding ortho intramolecular Hbond substituents is 1. The summed E-state index contributed by atoms with van der Waals surface area (Å²) in [5.41, 5.74) is 1.87. The van der Waals surface area contributed by atoms with Crippen molar-refractivity contribution in [1.82, 2.24) is 10.6 Å². The number of carbonyl (C=O) groups is 1. The fraction of sp³-hybridized carbons (Fsp3) is 0.278. The SMILES string of the molecule is CCO[C@@H](CNC(=O)NCc1cccc(O)c1)c1ccccc1. The largest absolute Gasteiger partial charge is 0.508 e. The van der Waals surface area contributed by atoms with Gasteiger partial charge in [-0.2, -0.15) is 0 Å². The lowest BCUT2D eigenvalue weighted by atomic mass is 10.1. The Bertz CT molecular complexity index is 617. The smallest absolute Gasteiger partial charge is 0.315 e. The minimum atomic E-state index is -0.269. The van der Waals surface area contributed by atoms with E-state index in [4.69, 9.17) is 4.74 Å². The molecule has 0 fully saturated rings. The Morgan fingerprint density at radius 2 is 1.91 bits per heavy atom. The number of hydrogen-bond acceptors (Lipinski definition) is 3. The average molecular weight is 314 g/mol. The van der Waals surface area contributed by atoms with Gasteiger partial charge in [-0.15, -0.1) is 0 Å². The maximum absolute atomic E-state index is 11.9. The summed E-state index contributed by atoms with van der Waals surface area (Å²) in [6, 6.07) is 16.3. The molecular formula is C18H22N2O3. The van der Waals surface area contributed by atoms with E-state index in [1.54, 1.807) is 18.2 Å². The first-order valence-electron chi connectivity index (χ1n) is 7.65. The van der Waals surface area contributed by atoms with Gasteiger partial charge in [0.1, 0.15) is 5.75 Å². The molecule has 0 unspecified atom stereocenters. The standard InChI is InChI=1S/C18H22N2O3/c1-2-23-17(15-8-4-3-5-9-15)13-20-18(22)19-12-14-7-6-10-16(21)11-14/h3-11,17,21H,2,12-13H2,1H3,(H2,19,20,22)/t17-/m0/s1. The first kappa shape index (κ1) is 16.8. The lowest BCUT2D eigenvalue weighted by Gasteiger charge is -2.18. The predicted molar refractivity (Wildman–Crippen MR) is 89.2 cm³/mol. The van der Waals surface area contributed by atoms with Gasteiger partial charge in [0, 0.05) is 19.7 Å². The highest BCUT2D eigenvalue weighted by Crippen LogP contribution is 2.16. The fourth-order valence-corrected chi connectivity index (χ4v) is 2.24. The van der Waals surface area contributed by atoms with E-state index in [0.29, 0.717) is 19.7 Å². The van der Waals surface area contributed by atoms with Crippen LogP contribution in [0.2, 0.25) is 0 Å². The molecule has 0 radical (unpaired) electrons. The topological polar surface area (TPSA) is 70.6 Å². The van der Waals surface area contributed by atoms with Crippen molar-refractivity contribution in [3.05, 3.63) is 65.7 Å². The van der Waals surface area contributed by atoms with Crippen LogP contribution in [0.4, 0.5) is 4.79 Å². The first-order chi connectivity index (χ1) is 11.2. The van der Waals surface area contributed by atoms with E-state index >= 15 is 0 Å². The Hall–Kier alpha value is -2.53. The second kappa shape index (κ2) is 8.80. The van der Waals surface area contributed by atoms with Crippen molar-refractivity contribution in [2.24, 2.45) is 0 Å². The van der Waals surface area contributed by atoms with Crippen molar-refractivity contribution in [2.45, 2.75) is 19.6 Å². The molecule has 0 saturated heterocycles. The van der Waals surface area contributed by atoms with Crippen LogP contribution in [-0.4, -0.2) is 24.3 Å². The maximum Gasteiger partial charge on any atom is 0.315 e. The summed E-state index contributed by atoms with van der Waals surface area (Å²) in [6.07, 6.45) is -0.173. The molecule has 1 atom stereocenters. The van der Waals surface area contributed by atoms with E-state index in [9.17, 15) is 9.90 Å². The predicted octanol–water partition coefficient (Wildman–Crippen LogP) is 2.97. The summed E-state index contributed by atoms with van der Waals surface area (Å²) >= 11 is 0. The highest BCUT2D eigenvalue weighted by Gasteiger charge is 2.12. The number of ether oxygens (including phenoxy) is 1. The van der Waals surface area contributed by atoms with E-state index in [-0.39, 0.29) is 17.9 Å². The molecule has 0 heterocycles. The molecule has 0 aliphatic rings. The van der Waals surface area contributed by atoms with E-state index in [2.05, 4.69) is 10.6 Å². The zero-order chi connectivity index (χ0) is 16.5. The van der Waals surface area contributed by atoms with Crippen LogP contribution in [0.3, 0.4) is 0 Å². The van der Waals surface area contributed by atoms with Gasteiger partial charge in [-0.25, -0.2) is 4.79 Å². The van der Waals surface area contributed by atoms with E-state index < -0.39 is 0 Å². The van der Waals surface area contributed by atoms with Crippen molar-refractivity contribution < 1.29 is 14.6 Å². The third-order valence-corrected chi connectivity index (χ3v) is 3.35. The van der Waals surface area contributed by atoms with Gasteiger partial charge in [-0.3, -0.25) is 0 Å². The molecule has 0 saturated carbocycles. The van der Waals surface area contributed by atoms with Crippen LogP contribution in [0.1, 0.15) is 24.2 Å². The summed E-state index contributed by atoms with van der Waals surface area (Å²) in [6.45, 7) is 3.25. The molecule has 2 aromatic carbocycles. The summed E-state index contributed by atoms with van der Waals surface area (Å²) < 4.78 is 5.68. The summed E-state index contributed by atoms with van der Waals surface area (Å²) in [5.74, 6) is 0.185. The number of urea groups is 1. The quantitative estimate of drug-likeness (QED) is 0.736. The van der Waals surface area contributed by atoms with Gasteiger partial charge in [0.05, 0.1) is 6.10 Å². The van der Waals surface area contributed by atoms with Crippen molar-refractivity contribution in [3.8, 4) is 5.75 Å². The zero-order valence-electron chi connectivity index (χ0n) is 13.2. The molecule has 5 heteroatoms. The van der Waals surface area contributed by atoms with Gasteiger partial charge in [-0.1, -0.05) is 42.5 Å². The second-order valence-electron chi connectivity index (χ2n) is 5.09. The Kier molecular flexibility index (Phi) is 6.44. The van der Waals surface area contributed by atoms with Crippen molar-refractivity contribution in [1.29, 1.82) is 0 Å². The van der Waals surface area contributed by atoms with E-state index in [1.165, 1.54) is 0 Å². The Morgan fingerprint density at radius 3 is 2.61 bits per heavy atom. The Labute approximate surface area is 136 Å². The highest BCUT2D eigenvalue weighted by atomic mass is 16.5. The van der Waals surface area contributed by atoms with Crippen LogP contribution in [0.5, 0.6) is 5.75 Å². The zero-order valence-corrected chi connectivity index (χ0v) is 13.2. The number of aromatic hydroxyl groups is 1. The molecular weight excluding hydrogens is 292 g/mol. The molecule has 0 aliphatic heterocycles. The number of nitrogens with one attached hydrogen (secondary N) is 2. The third-order valence-electron chi connectivity index (χ3n) is 3.35. The number of benzene rings is 2. The molecule has 0 bridgehead atoms. The Balaban J connectivity index is 1.82. The van der Waals surface area contributed by atoms with Crippen molar-refractivity contribution in [3.63, 3.8) is 0 Å². The maximum atomic E-state index is 11.9. The third kappa shape index (κ3) is 5.64. The van der Waals surface area contributed by atoms with Gasteiger partial charge < -0.3 is 20.5 Å². The fourth-order valence-electron chi connectivity index (χ4n) is 2.24. The number of rotatable bonds is 7. The number of carbonyl (C=O) groups excluding carboxylic acids is 1. The molecule has 2 aromatic rings. The molecule has 23 heavy (non-hydrogen) atoms. The number of hydrogen-bond donors (Lipinski definition) is 3. The molecule has 122 valence electrons. The van der Waals surface area contributed by atoms with E-state index in [1.807, 2.05) is 43.3 Å². The molecule has 5 nitrogen and oxygen atoms in total. The van der Waals surface area contributed by atoms with Crippen molar-refractivity contribution >= 4 is 6.03 Å². The van der Waals surface area contributed by atoms with Gasteiger partial charge in [-0.05, 0) is 30.2 Å². The van der Waals surface area contributed by atoms with Crippen LogP contribution in [0, 0.1) is 0 Å². The minimum absolute atomic E-state index is 0.173. The highest BCUT2D eigenvalue weighted by molar-refractivity contribution is 5.73. The molecule has 3 N–H and O–H groups in total.